The van der Waals surface area contributed by atoms with Crippen molar-refractivity contribution >= 4 is 22.7 Å². The third-order valence-electron chi connectivity index (χ3n) is 5.30. The highest BCUT2D eigenvalue weighted by Crippen LogP contribution is 2.45. The third-order valence-corrected chi connectivity index (χ3v) is 6.52. The molecule has 36 heavy (non-hydrogen) atoms. The van der Waals surface area contributed by atoms with E-state index < -0.39 is 40.1 Å². The molecular formula is C26H16F4N2O3S. The van der Waals surface area contributed by atoms with Crippen molar-refractivity contribution < 1.29 is 31.5 Å². The smallest absolute Gasteiger partial charge is 0.281 e. The van der Waals surface area contributed by atoms with E-state index in [2.05, 4.69) is 5.10 Å². The van der Waals surface area contributed by atoms with Gasteiger partial charge in [0.1, 0.15) is 57.4 Å². The Hall–Kier alpha value is -4.05. The molecule has 1 amide bonds. The number of carbonyl (C=O) groups is 1. The van der Waals surface area contributed by atoms with Crippen LogP contribution in [0, 0.1) is 23.3 Å². The topological polar surface area (TPSA) is 55.0 Å². The number of hydrogen-bond acceptors (Lipinski definition) is 5. The molecule has 1 aliphatic heterocycles. The van der Waals surface area contributed by atoms with Crippen molar-refractivity contribution in [3.63, 3.8) is 0 Å². The predicted octanol–water partition coefficient (Wildman–Crippen LogP) is 6.66. The number of nitrogens with zero attached hydrogens (tertiary/aromatic N) is 2. The molecule has 1 unspecified atom stereocenters. The molecule has 0 aliphatic carbocycles. The maximum absolute atomic E-state index is 14.5. The molecule has 5 nitrogen and oxygen atoms in total. The minimum absolute atomic E-state index is 0.0994. The number of carbonyl (C=O) groups excluding carboxylic acids is 1. The van der Waals surface area contributed by atoms with Crippen LogP contribution in [0.4, 0.5) is 17.6 Å². The minimum atomic E-state index is -1.35. The van der Waals surface area contributed by atoms with Crippen molar-refractivity contribution in [3.8, 4) is 5.75 Å². The summed E-state index contributed by atoms with van der Waals surface area (Å²) < 4.78 is 67.2. The summed E-state index contributed by atoms with van der Waals surface area (Å²) in [5, 5.41) is 4.65. The van der Waals surface area contributed by atoms with Gasteiger partial charge in [0.25, 0.3) is 5.91 Å². The predicted molar refractivity (Wildman–Crippen MR) is 125 cm³/mol. The first-order valence-electron chi connectivity index (χ1n) is 10.6. The summed E-state index contributed by atoms with van der Waals surface area (Å²) >= 11 is 1.12. The molecule has 182 valence electrons. The van der Waals surface area contributed by atoms with Gasteiger partial charge in [0.2, 0.25) is 0 Å². The van der Waals surface area contributed by atoms with Gasteiger partial charge in [0, 0.05) is 23.3 Å². The van der Waals surface area contributed by atoms with Crippen LogP contribution in [-0.4, -0.2) is 16.0 Å². The van der Waals surface area contributed by atoms with Crippen molar-refractivity contribution in [3.05, 3.63) is 125 Å². The molecule has 5 rings (SSSR count). The Kier molecular flexibility index (Phi) is 6.51. The largest absolute Gasteiger partial charge is 0.485 e. The molecule has 0 fully saturated rings. The van der Waals surface area contributed by atoms with Crippen molar-refractivity contribution in [2.75, 3.05) is 0 Å². The summed E-state index contributed by atoms with van der Waals surface area (Å²) in [7, 11) is 0. The van der Waals surface area contributed by atoms with E-state index in [1.165, 1.54) is 30.5 Å². The molecule has 0 radical (unpaired) electrons. The third kappa shape index (κ3) is 4.72. The number of hydrogen-bond donors (Lipinski definition) is 0. The number of furan rings is 1. The summed E-state index contributed by atoms with van der Waals surface area (Å²) in [4.78, 5) is 13.4. The van der Waals surface area contributed by atoms with Crippen LogP contribution in [0.1, 0.15) is 32.6 Å². The quantitative estimate of drug-likeness (QED) is 0.271. The van der Waals surface area contributed by atoms with Gasteiger partial charge in [-0.1, -0.05) is 30.0 Å². The van der Waals surface area contributed by atoms with Crippen LogP contribution in [0.3, 0.4) is 0 Å². The summed E-state index contributed by atoms with van der Waals surface area (Å²) in [5.74, 6) is -4.47. The van der Waals surface area contributed by atoms with E-state index in [4.69, 9.17) is 9.15 Å². The summed E-state index contributed by atoms with van der Waals surface area (Å²) in [6.07, 6.45) is 1.51. The zero-order valence-electron chi connectivity index (χ0n) is 18.3. The number of benzene rings is 3. The number of rotatable bonds is 6. The molecule has 1 aromatic heterocycles. The number of halogens is 4. The van der Waals surface area contributed by atoms with Crippen molar-refractivity contribution in [1.82, 2.24) is 5.01 Å². The average molecular weight is 512 g/mol. The molecule has 2 heterocycles. The number of amides is 1. The van der Waals surface area contributed by atoms with E-state index in [-0.39, 0.29) is 6.61 Å². The lowest BCUT2D eigenvalue weighted by atomic mass is 10.1. The Labute approximate surface area is 207 Å². The summed E-state index contributed by atoms with van der Waals surface area (Å²) in [5.41, 5.74) is 0.0435. The van der Waals surface area contributed by atoms with Crippen LogP contribution in [-0.2, 0) is 6.61 Å². The van der Waals surface area contributed by atoms with Gasteiger partial charge in [-0.2, -0.15) is 5.10 Å². The molecule has 0 spiro atoms. The molecule has 0 saturated heterocycles. The molecule has 1 aliphatic rings. The Morgan fingerprint density at radius 2 is 1.67 bits per heavy atom. The van der Waals surface area contributed by atoms with Crippen molar-refractivity contribution in [2.45, 2.75) is 12.0 Å². The minimum Gasteiger partial charge on any atom is -0.485 e. The Morgan fingerprint density at radius 1 is 0.944 bits per heavy atom. The van der Waals surface area contributed by atoms with Crippen LogP contribution in [0.25, 0.3) is 0 Å². The maximum atomic E-state index is 14.5. The lowest BCUT2D eigenvalue weighted by molar-refractivity contribution is 0.0737. The summed E-state index contributed by atoms with van der Waals surface area (Å²) in [6, 6.07) is 16.5. The van der Waals surface area contributed by atoms with Gasteiger partial charge in [-0.25, -0.2) is 22.6 Å². The normalized spacial score (nSPS) is 15.2. The Morgan fingerprint density at radius 3 is 2.36 bits per heavy atom. The molecule has 3 aromatic carbocycles. The molecule has 1 atom stereocenters. The van der Waals surface area contributed by atoms with Crippen LogP contribution in [0.2, 0.25) is 0 Å². The summed E-state index contributed by atoms with van der Waals surface area (Å²) in [6.45, 7) is 0.0994. The van der Waals surface area contributed by atoms with E-state index in [1.807, 2.05) is 0 Å². The Bertz CT molecular complexity index is 1420. The van der Waals surface area contributed by atoms with Gasteiger partial charge in [0.05, 0.1) is 6.26 Å². The zero-order valence-corrected chi connectivity index (χ0v) is 19.1. The van der Waals surface area contributed by atoms with Gasteiger partial charge in [-0.3, -0.25) is 4.79 Å². The second-order valence-corrected chi connectivity index (χ2v) is 8.75. The highest BCUT2D eigenvalue weighted by atomic mass is 32.2. The molecule has 0 N–H and O–H groups in total. The lowest BCUT2D eigenvalue weighted by Crippen LogP contribution is -2.28. The maximum Gasteiger partial charge on any atom is 0.281 e. The number of para-hydroxylation sites is 1. The van der Waals surface area contributed by atoms with Crippen molar-refractivity contribution in [1.29, 1.82) is 0 Å². The van der Waals surface area contributed by atoms with Gasteiger partial charge in [-0.05, 0) is 42.5 Å². The van der Waals surface area contributed by atoms with Crippen LogP contribution in [0.5, 0.6) is 5.75 Å². The highest BCUT2D eigenvalue weighted by Gasteiger charge is 2.38. The van der Waals surface area contributed by atoms with Crippen LogP contribution in [0.15, 0.2) is 88.6 Å². The Balaban J connectivity index is 1.55. The fraction of sp³-hybridized carbons (Fsp3) is 0.0769. The van der Waals surface area contributed by atoms with E-state index in [0.717, 1.165) is 16.8 Å². The standard InChI is InChI=1S/C26H16F4N2O3S/c27-16-9-7-15(8-10-16)24-31-32(25(33)23-20(29)12-17(28)13-21(23)30)26(36-24)19-5-1-2-6-22(19)35-14-18-4-3-11-34-18/h1-13,26H,14H2. The van der Waals surface area contributed by atoms with Gasteiger partial charge in [-0.15, -0.1) is 0 Å². The highest BCUT2D eigenvalue weighted by molar-refractivity contribution is 8.14. The van der Waals surface area contributed by atoms with Crippen LogP contribution < -0.4 is 4.74 Å². The van der Waals surface area contributed by atoms with Crippen molar-refractivity contribution in [2.24, 2.45) is 5.10 Å². The van der Waals surface area contributed by atoms with Gasteiger partial charge in [0.15, 0.2) is 0 Å². The van der Waals surface area contributed by atoms with Gasteiger partial charge < -0.3 is 9.15 Å². The molecule has 4 aromatic rings. The van der Waals surface area contributed by atoms with E-state index >= 15 is 0 Å². The van der Waals surface area contributed by atoms with Gasteiger partial charge >= 0.3 is 0 Å². The first-order valence-corrected chi connectivity index (χ1v) is 11.5. The second kappa shape index (κ2) is 9.90. The number of hydrazone groups is 1. The molecular weight excluding hydrogens is 496 g/mol. The molecule has 10 heteroatoms. The zero-order chi connectivity index (χ0) is 25.2. The van der Waals surface area contributed by atoms with Crippen LogP contribution >= 0.6 is 11.8 Å². The molecule has 0 saturated carbocycles. The fourth-order valence-electron chi connectivity index (χ4n) is 3.62. The molecule has 0 bridgehead atoms. The van der Waals surface area contributed by atoms with E-state index in [1.54, 1.807) is 36.4 Å². The first kappa shape index (κ1) is 23.7. The monoisotopic (exact) mass is 512 g/mol. The fourth-order valence-corrected chi connectivity index (χ4v) is 4.80. The average Bonchev–Trinajstić information content (AvgIpc) is 3.53. The number of thioether (sulfide) groups is 1. The van der Waals surface area contributed by atoms with E-state index in [0.29, 0.717) is 39.8 Å². The number of ether oxygens (including phenoxy) is 1. The lowest BCUT2D eigenvalue weighted by Gasteiger charge is -2.23. The second-order valence-electron chi connectivity index (χ2n) is 7.68. The van der Waals surface area contributed by atoms with E-state index in [9.17, 15) is 22.4 Å². The first-order chi connectivity index (χ1) is 17.4. The SMILES string of the molecule is O=C(c1c(F)cc(F)cc1F)N1N=C(c2ccc(F)cc2)SC1c1ccccc1OCc1ccco1.